The number of anilines is 1. The van der Waals surface area contributed by atoms with Gasteiger partial charge in [0.25, 0.3) is 0 Å². The lowest BCUT2D eigenvalue weighted by Crippen LogP contribution is -2.56. The lowest BCUT2D eigenvalue weighted by Gasteiger charge is -2.44. The van der Waals surface area contributed by atoms with Crippen LogP contribution in [0.4, 0.5) is 14.6 Å². The molecule has 0 radical (unpaired) electrons. The molecule has 0 amide bonds. The molecule has 2 aromatic carbocycles. The van der Waals surface area contributed by atoms with E-state index in [1.807, 2.05) is 0 Å². The summed E-state index contributed by atoms with van der Waals surface area (Å²) in [4.78, 5) is 6.72. The normalized spacial score (nSPS) is 21.6. The number of rotatable bonds is 3. The number of nitrogens with one attached hydrogen (secondary N) is 1. The lowest BCUT2D eigenvalue weighted by molar-refractivity contribution is 0.361. The van der Waals surface area contributed by atoms with Crippen LogP contribution in [0.1, 0.15) is 24.4 Å². The highest BCUT2D eigenvalue weighted by Gasteiger charge is 2.44. The van der Waals surface area contributed by atoms with Gasteiger partial charge in [0.15, 0.2) is 11.6 Å². The fraction of sp³-hybridized carbons (Fsp3) is 0.308. The number of halogens is 2. The molecule has 1 saturated carbocycles. The Hall–Kier alpha value is -3.70. The van der Waals surface area contributed by atoms with Crippen molar-refractivity contribution in [1.29, 1.82) is 0 Å². The maximum atomic E-state index is 16.3. The molecule has 6 nitrogen and oxygen atoms in total. The topological polar surface area (TPSA) is 66.2 Å². The minimum absolute atomic E-state index is 0.0190. The number of nitrogens with zero attached hydrogens (tertiary/aromatic N) is 4. The summed E-state index contributed by atoms with van der Waals surface area (Å²) in [5.41, 5.74) is 0.696. The summed E-state index contributed by atoms with van der Waals surface area (Å²) in [5, 5.41) is 20.1. The fourth-order valence-corrected chi connectivity index (χ4v) is 5.57. The van der Waals surface area contributed by atoms with E-state index in [4.69, 9.17) is 11.5 Å². The van der Waals surface area contributed by atoms with Crippen LogP contribution in [0.15, 0.2) is 30.5 Å². The van der Waals surface area contributed by atoms with Crippen molar-refractivity contribution in [3.8, 4) is 29.4 Å². The summed E-state index contributed by atoms with van der Waals surface area (Å²) >= 11 is 0. The van der Waals surface area contributed by atoms with Gasteiger partial charge in [-0.15, -0.1) is 6.42 Å². The van der Waals surface area contributed by atoms with Gasteiger partial charge >= 0.3 is 0 Å². The molecule has 0 spiro atoms. The standard InChI is InChI=1S/C26H21F2N5O/c1-2-17-20(27)6-3-13-7-16(34)8-18(22(13)17)24-23(28)25-19(10-30-24)26(31-33(25)15-4-5-15)32-12-14-9-29-11-21(14)32/h1,3,6-8,10,14-15,21,29,34H,4-5,9,11-12H2/t14-,21-/m0/s1. The largest absolute Gasteiger partial charge is 0.508 e. The highest BCUT2D eigenvalue weighted by Crippen LogP contribution is 2.45. The summed E-state index contributed by atoms with van der Waals surface area (Å²) in [6.07, 6.45) is 9.15. The molecule has 2 atom stereocenters. The molecule has 0 bridgehead atoms. The van der Waals surface area contributed by atoms with Gasteiger partial charge in [0.05, 0.1) is 17.0 Å². The number of hydrogen-bond acceptors (Lipinski definition) is 5. The molecule has 2 N–H and O–H groups in total. The van der Waals surface area contributed by atoms with Crippen LogP contribution >= 0.6 is 0 Å². The Labute approximate surface area is 194 Å². The first-order valence-electron chi connectivity index (χ1n) is 11.5. The highest BCUT2D eigenvalue weighted by molar-refractivity contribution is 6.03. The first kappa shape index (κ1) is 19.7. The predicted molar refractivity (Wildman–Crippen MR) is 126 cm³/mol. The molecule has 4 heterocycles. The minimum Gasteiger partial charge on any atom is -0.508 e. The molecule has 0 unspecified atom stereocenters. The number of pyridine rings is 1. The highest BCUT2D eigenvalue weighted by atomic mass is 19.1. The second-order valence-corrected chi connectivity index (χ2v) is 9.48. The molecule has 2 aliphatic heterocycles. The van der Waals surface area contributed by atoms with Crippen molar-refractivity contribution in [3.05, 3.63) is 47.7 Å². The maximum absolute atomic E-state index is 16.3. The van der Waals surface area contributed by atoms with Gasteiger partial charge in [0.2, 0.25) is 0 Å². The van der Waals surface area contributed by atoms with Gasteiger partial charge in [-0.25, -0.2) is 8.78 Å². The molecular formula is C26H21F2N5O. The summed E-state index contributed by atoms with van der Waals surface area (Å²) in [5.74, 6) is 2.55. The number of aromatic hydroxyl groups is 1. The van der Waals surface area contributed by atoms with Crippen molar-refractivity contribution in [1.82, 2.24) is 20.1 Å². The van der Waals surface area contributed by atoms with Crippen LogP contribution in [0, 0.1) is 29.9 Å². The van der Waals surface area contributed by atoms with E-state index < -0.39 is 11.6 Å². The molecule has 7 rings (SSSR count). The van der Waals surface area contributed by atoms with E-state index in [-0.39, 0.29) is 28.6 Å². The van der Waals surface area contributed by atoms with E-state index in [9.17, 15) is 9.50 Å². The Morgan fingerprint density at radius 2 is 2.03 bits per heavy atom. The number of phenolic OH excluding ortho intramolecular Hbond substituents is 1. The van der Waals surface area contributed by atoms with Crippen LogP contribution in [-0.4, -0.2) is 45.5 Å². The summed E-state index contributed by atoms with van der Waals surface area (Å²) in [6.45, 7) is 2.78. The minimum atomic E-state index is -0.578. The van der Waals surface area contributed by atoms with Gasteiger partial charge in [-0.3, -0.25) is 9.67 Å². The van der Waals surface area contributed by atoms with E-state index in [2.05, 4.69) is 21.1 Å². The average Bonchev–Trinajstić information content (AvgIpc) is 3.50. The SMILES string of the molecule is C#Cc1c(F)ccc2cc(O)cc(-c3ncc4c(N5C[C@@H]6CNC[C@@H]65)nn(C5CC5)c4c3F)c12. The van der Waals surface area contributed by atoms with Crippen LogP contribution in [-0.2, 0) is 0 Å². The van der Waals surface area contributed by atoms with Crippen molar-refractivity contribution in [2.24, 2.45) is 5.92 Å². The quantitative estimate of drug-likeness (QED) is 0.456. The predicted octanol–water partition coefficient (Wildman–Crippen LogP) is 3.96. The van der Waals surface area contributed by atoms with E-state index >= 15 is 4.39 Å². The van der Waals surface area contributed by atoms with Gasteiger partial charge in [-0.1, -0.05) is 12.0 Å². The van der Waals surface area contributed by atoms with Crippen molar-refractivity contribution in [3.63, 3.8) is 0 Å². The molecule has 170 valence electrons. The summed E-state index contributed by atoms with van der Waals surface area (Å²) in [6, 6.07) is 6.17. The second-order valence-electron chi connectivity index (χ2n) is 9.48. The van der Waals surface area contributed by atoms with Crippen molar-refractivity contribution < 1.29 is 13.9 Å². The van der Waals surface area contributed by atoms with Gasteiger partial charge in [0, 0.05) is 48.7 Å². The first-order valence-corrected chi connectivity index (χ1v) is 11.5. The van der Waals surface area contributed by atoms with Crippen LogP contribution in [0.5, 0.6) is 5.75 Å². The van der Waals surface area contributed by atoms with Crippen molar-refractivity contribution in [2.45, 2.75) is 24.9 Å². The molecule has 2 saturated heterocycles. The van der Waals surface area contributed by atoms with E-state index in [1.165, 1.54) is 24.3 Å². The van der Waals surface area contributed by atoms with Crippen molar-refractivity contribution >= 4 is 27.5 Å². The summed E-state index contributed by atoms with van der Waals surface area (Å²) in [7, 11) is 0. The number of hydrogen-bond donors (Lipinski definition) is 2. The molecule has 1 aliphatic carbocycles. The number of fused-ring (bicyclic) bond motifs is 3. The Balaban J connectivity index is 1.48. The Kier molecular flexibility index (Phi) is 4.01. The Bertz CT molecular complexity index is 1550. The van der Waals surface area contributed by atoms with Gasteiger partial charge < -0.3 is 15.3 Å². The Morgan fingerprint density at radius 1 is 1.18 bits per heavy atom. The molecule has 34 heavy (non-hydrogen) atoms. The van der Waals surface area contributed by atoms with E-state index in [1.54, 1.807) is 10.9 Å². The zero-order valence-electron chi connectivity index (χ0n) is 18.2. The smallest absolute Gasteiger partial charge is 0.175 e. The van der Waals surface area contributed by atoms with Crippen LogP contribution in [0.3, 0.4) is 0 Å². The molecule has 3 aliphatic rings. The monoisotopic (exact) mass is 457 g/mol. The van der Waals surface area contributed by atoms with Crippen LogP contribution in [0.25, 0.3) is 32.9 Å². The Morgan fingerprint density at radius 3 is 2.79 bits per heavy atom. The number of benzene rings is 2. The van der Waals surface area contributed by atoms with E-state index in [0.29, 0.717) is 33.6 Å². The summed E-state index contributed by atoms with van der Waals surface area (Å²) < 4.78 is 32.6. The van der Waals surface area contributed by atoms with Crippen LogP contribution < -0.4 is 10.2 Å². The third-order valence-electron chi connectivity index (χ3n) is 7.42. The zero-order chi connectivity index (χ0) is 23.1. The molecule has 4 aromatic rings. The fourth-order valence-electron chi connectivity index (χ4n) is 5.57. The maximum Gasteiger partial charge on any atom is 0.175 e. The molecule has 3 fully saturated rings. The molecular weight excluding hydrogens is 436 g/mol. The second kappa shape index (κ2) is 6.90. The molecule has 8 heteroatoms. The first-order chi connectivity index (χ1) is 16.5. The van der Waals surface area contributed by atoms with Gasteiger partial charge in [-0.2, -0.15) is 5.10 Å². The zero-order valence-corrected chi connectivity index (χ0v) is 18.2. The van der Waals surface area contributed by atoms with Gasteiger partial charge in [0.1, 0.15) is 22.8 Å². The number of phenols is 1. The van der Waals surface area contributed by atoms with Crippen molar-refractivity contribution in [2.75, 3.05) is 24.5 Å². The number of terminal acetylenes is 1. The third kappa shape index (κ3) is 2.64. The number of aromatic nitrogens is 3. The van der Waals surface area contributed by atoms with Crippen LogP contribution in [0.2, 0.25) is 0 Å². The van der Waals surface area contributed by atoms with Gasteiger partial charge in [-0.05, 0) is 36.4 Å². The third-order valence-corrected chi connectivity index (χ3v) is 7.42. The average molecular weight is 457 g/mol. The molecule has 2 aromatic heterocycles. The lowest BCUT2D eigenvalue weighted by atomic mass is 9.92. The van der Waals surface area contributed by atoms with E-state index in [0.717, 1.165) is 38.3 Å².